The first-order valence-electron chi connectivity index (χ1n) is 7.59. The van der Waals surface area contributed by atoms with Crippen LogP contribution in [0.3, 0.4) is 0 Å². The number of likely N-dealkylation sites (N-methyl/N-ethyl adjacent to an activating group) is 1. The number of amides is 1. The van der Waals surface area contributed by atoms with Crippen molar-refractivity contribution in [3.05, 3.63) is 51.4 Å². The fraction of sp³-hybridized carbons (Fsp3) is 0.353. The van der Waals surface area contributed by atoms with Gasteiger partial charge in [0.25, 0.3) is 5.91 Å². The van der Waals surface area contributed by atoms with Crippen molar-refractivity contribution in [1.82, 2.24) is 10.2 Å². The quantitative estimate of drug-likeness (QED) is 0.851. The molecule has 1 aromatic carbocycles. The predicted octanol–water partition coefficient (Wildman–Crippen LogP) is 2.90. The highest BCUT2D eigenvalue weighted by Gasteiger charge is 2.32. The summed E-state index contributed by atoms with van der Waals surface area (Å²) in [7, 11) is 2.13. The maximum Gasteiger partial charge on any atom is 0.256 e. The predicted molar refractivity (Wildman–Crippen MR) is 89.4 cm³/mol. The van der Waals surface area contributed by atoms with Gasteiger partial charge < -0.3 is 15.5 Å². The molecule has 2 N–H and O–H groups in total. The molecule has 2 aliphatic heterocycles. The van der Waals surface area contributed by atoms with E-state index in [2.05, 4.69) is 53.8 Å². The largest absolute Gasteiger partial charge is 0.353 e. The molecule has 0 aliphatic carbocycles. The average Bonchev–Trinajstić information content (AvgIpc) is 2.85. The topological polar surface area (TPSA) is 44.4 Å². The van der Waals surface area contributed by atoms with Gasteiger partial charge in [-0.2, -0.15) is 0 Å². The standard InChI is InChI=1S/C17H19N3OS/c1-10-3-5-11(6-4-10)15-18-16(21)14-12-7-8-20(2)9-13(12)22-17(14)19-15/h3-6,15,19H,7-9H2,1-2H3,(H,18,21)/t15-/m1/s1. The number of hydrogen-bond donors (Lipinski definition) is 2. The highest BCUT2D eigenvalue weighted by Crippen LogP contribution is 2.40. The number of aryl methyl sites for hydroxylation is 1. The molecule has 3 heterocycles. The molecule has 0 saturated heterocycles. The Morgan fingerprint density at radius 2 is 2.00 bits per heavy atom. The highest BCUT2D eigenvalue weighted by molar-refractivity contribution is 7.16. The number of hydrogen-bond acceptors (Lipinski definition) is 4. The minimum absolute atomic E-state index is 0.0568. The first-order chi connectivity index (χ1) is 10.6. The van der Waals surface area contributed by atoms with Crippen LogP contribution in [0.1, 0.15) is 38.1 Å². The van der Waals surface area contributed by atoms with E-state index in [1.54, 1.807) is 11.3 Å². The molecule has 0 saturated carbocycles. The molecule has 4 nitrogen and oxygen atoms in total. The van der Waals surface area contributed by atoms with Crippen molar-refractivity contribution >= 4 is 22.2 Å². The van der Waals surface area contributed by atoms with Crippen LogP contribution in [0.15, 0.2) is 24.3 Å². The average molecular weight is 313 g/mol. The Morgan fingerprint density at radius 1 is 1.23 bits per heavy atom. The second-order valence-corrected chi connectivity index (χ2v) is 7.26. The summed E-state index contributed by atoms with van der Waals surface area (Å²) in [6, 6.07) is 8.29. The van der Waals surface area contributed by atoms with E-state index in [1.807, 2.05) is 0 Å². The highest BCUT2D eigenvalue weighted by atomic mass is 32.1. The molecule has 0 unspecified atom stereocenters. The fourth-order valence-electron chi connectivity index (χ4n) is 3.17. The maximum atomic E-state index is 12.6. The van der Waals surface area contributed by atoms with Crippen molar-refractivity contribution in [2.45, 2.75) is 26.1 Å². The van der Waals surface area contributed by atoms with Gasteiger partial charge in [-0.05, 0) is 31.5 Å². The Kier molecular flexibility index (Phi) is 3.20. The molecule has 1 aromatic heterocycles. The summed E-state index contributed by atoms with van der Waals surface area (Å²) >= 11 is 1.73. The number of benzene rings is 1. The lowest BCUT2D eigenvalue weighted by Crippen LogP contribution is -2.38. The van der Waals surface area contributed by atoms with Crippen molar-refractivity contribution in [3.8, 4) is 0 Å². The van der Waals surface area contributed by atoms with Gasteiger partial charge in [0.1, 0.15) is 11.2 Å². The van der Waals surface area contributed by atoms with E-state index in [0.29, 0.717) is 0 Å². The molecule has 0 radical (unpaired) electrons. The lowest BCUT2D eigenvalue weighted by Gasteiger charge is -2.27. The fourth-order valence-corrected chi connectivity index (χ4v) is 4.52. The molecule has 0 bridgehead atoms. The van der Waals surface area contributed by atoms with Gasteiger partial charge in [0.2, 0.25) is 0 Å². The smallest absolute Gasteiger partial charge is 0.256 e. The van der Waals surface area contributed by atoms with Crippen molar-refractivity contribution in [2.75, 3.05) is 18.9 Å². The molecule has 5 heteroatoms. The molecule has 0 fully saturated rings. The van der Waals surface area contributed by atoms with E-state index in [4.69, 9.17) is 0 Å². The van der Waals surface area contributed by atoms with E-state index in [-0.39, 0.29) is 12.1 Å². The lowest BCUT2D eigenvalue weighted by atomic mass is 10.0. The second-order valence-electron chi connectivity index (χ2n) is 6.16. The maximum absolute atomic E-state index is 12.6. The van der Waals surface area contributed by atoms with E-state index >= 15 is 0 Å². The van der Waals surface area contributed by atoms with Crippen molar-refractivity contribution < 1.29 is 4.79 Å². The number of nitrogens with one attached hydrogen (secondary N) is 2. The third-order valence-corrected chi connectivity index (χ3v) is 5.58. The zero-order valence-electron chi connectivity index (χ0n) is 12.8. The molecule has 0 spiro atoms. The molecule has 114 valence electrons. The molecule has 2 aliphatic rings. The van der Waals surface area contributed by atoms with Crippen LogP contribution in [0.2, 0.25) is 0 Å². The molecule has 4 rings (SSSR count). The van der Waals surface area contributed by atoms with Crippen LogP contribution < -0.4 is 10.6 Å². The van der Waals surface area contributed by atoms with E-state index in [9.17, 15) is 4.79 Å². The molecule has 22 heavy (non-hydrogen) atoms. The van der Waals surface area contributed by atoms with Gasteiger partial charge in [0.15, 0.2) is 0 Å². The third kappa shape index (κ3) is 2.21. The Balaban J connectivity index is 1.69. The summed E-state index contributed by atoms with van der Waals surface area (Å²) in [5, 5.41) is 7.62. The second kappa shape index (κ2) is 5.11. The van der Waals surface area contributed by atoms with Crippen LogP contribution in [-0.4, -0.2) is 24.4 Å². The first kappa shape index (κ1) is 13.8. The number of rotatable bonds is 1. The number of fused-ring (bicyclic) bond motifs is 3. The zero-order chi connectivity index (χ0) is 15.3. The Bertz CT molecular complexity index is 735. The number of nitrogens with zero attached hydrogens (tertiary/aromatic N) is 1. The van der Waals surface area contributed by atoms with Gasteiger partial charge in [0, 0.05) is 18.0 Å². The summed E-state index contributed by atoms with van der Waals surface area (Å²) in [6.07, 6.45) is 0.820. The van der Waals surface area contributed by atoms with Crippen LogP contribution in [0.4, 0.5) is 5.00 Å². The number of carbonyl (C=O) groups excluding carboxylic acids is 1. The number of anilines is 1. The number of carbonyl (C=O) groups is 1. The Labute approximate surface area is 134 Å². The molecule has 1 amide bonds. The van der Waals surface area contributed by atoms with Gasteiger partial charge in [-0.1, -0.05) is 29.8 Å². The monoisotopic (exact) mass is 313 g/mol. The zero-order valence-corrected chi connectivity index (χ0v) is 13.6. The Hall–Kier alpha value is -1.85. The molecular formula is C17H19N3OS. The van der Waals surface area contributed by atoms with Crippen molar-refractivity contribution in [1.29, 1.82) is 0 Å². The van der Waals surface area contributed by atoms with Crippen molar-refractivity contribution in [2.24, 2.45) is 0 Å². The van der Waals surface area contributed by atoms with Gasteiger partial charge in [-0.25, -0.2) is 0 Å². The van der Waals surface area contributed by atoms with E-state index in [1.165, 1.54) is 16.0 Å². The van der Waals surface area contributed by atoms with Crippen molar-refractivity contribution in [3.63, 3.8) is 0 Å². The molecule has 2 aromatic rings. The van der Waals surface area contributed by atoms with Crippen LogP contribution in [-0.2, 0) is 13.0 Å². The lowest BCUT2D eigenvalue weighted by molar-refractivity contribution is 0.0935. The summed E-state index contributed by atoms with van der Waals surface area (Å²) in [5.74, 6) is 0.0568. The Morgan fingerprint density at radius 3 is 2.77 bits per heavy atom. The number of thiophene rings is 1. The van der Waals surface area contributed by atoms with Crippen LogP contribution in [0.5, 0.6) is 0 Å². The van der Waals surface area contributed by atoms with Gasteiger partial charge in [-0.3, -0.25) is 4.79 Å². The minimum atomic E-state index is -0.140. The summed E-state index contributed by atoms with van der Waals surface area (Å²) in [5.41, 5.74) is 4.43. The third-order valence-electron chi connectivity index (χ3n) is 4.44. The first-order valence-corrected chi connectivity index (χ1v) is 8.40. The van der Waals surface area contributed by atoms with Crippen LogP contribution in [0.25, 0.3) is 0 Å². The normalized spacial score (nSPS) is 20.8. The minimum Gasteiger partial charge on any atom is -0.353 e. The summed E-state index contributed by atoms with van der Waals surface area (Å²) < 4.78 is 0. The van der Waals surface area contributed by atoms with Crippen LogP contribution >= 0.6 is 11.3 Å². The van der Waals surface area contributed by atoms with Gasteiger partial charge >= 0.3 is 0 Å². The van der Waals surface area contributed by atoms with Gasteiger partial charge in [0.05, 0.1) is 5.56 Å². The molecule has 1 atom stereocenters. The molecular weight excluding hydrogens is 294 g/mol. The summed E-state index contributed by atoms with van der Waals surface area (Å²) in [4.78, 5) is 16.2. The summed E-state index contributed by atoms with van der Waals surface area (Å²) in [6.45, 7) is 4.03. The SMILES string of the molecule is Cc1ccc([C@@H]2NC(=O)c3c(sc4c3CCN(C)C4)N2)cc1. The van der Waals surface area contributed by atoms with Gasteiger partial charge in [-0.15, -0.1) is 11.3 Å². The van der Waals surface area contributed by atoms with E-state index in [0.717, 1.165) is 35.6 Å². The van der Waals surface area contributed by atoms with Crippen LogP contribution in [0, 0.1) is 6.92 Å². The van der Waals surface area contributed by atoms with E-state index < -0.39 is 0 Å².